The number of fused-ring (bicyclic) bond motifs is 1. The van der Waals surface area contributed by atoms with Crippen LogP contribution in [0.15, 0.2) is 54.7 Å². The Balaban J connectivity index is 1.21. The molecule has 1 unspecified atom stereocenters. The number of nitrogens with two attached hydrogens (primary N) is 1. The highest BCUT2D eigenvalue weighted by Crippen LogP contribution is 2.40. The van der Waals surface area contributed by atoms with Crippen molar-refractivity contribution in [3.8, 4) is 0 Å². The van der Waals surface area contributed by atoms with Crippen molar-refractivity contribution < 1.29 is 18.7 Å². The van der Waals surface area contributed by atoms with Gasteiger partial charge in [-0.15, -0.1) is 0 Å². The van der Waals surface area contributed by atoms with Crippen LogP contribution in [-0.4, -0.2) is 48.1 Å². The number of aromatic amines is 1. The molecular weight excluding hydrogens is 459 g/mol. The molecule has 1 saturated heterocycles. The molecule has 1 aliphatic rings. The number of carbonyl (C=O) groups excluding carboxylic acids is 2. The van der Waals surface area contributed by atoms with E-state index in [1.807, 2.05) is 6.07 Å². The van der Waals surface area contributed by atoms with Gasteiger partial charge in [-0.3, -0.25) is 4.79 Å². The van der Waals surface area contributed by atoms with Crippen LogP contribution in [0.2, 0.25) is 0 Å². The third kappa shape index (κ3) is 6.85. The second-order valence-electron chi connectivity index (χ2n) is 9.80. The minimum Gasteiger partial charge on any atom is -0.367 e. The highest BCUT2D eigenvalue weighted by molar-refractivity contribution is 5.83. The summed E-state index contributed by atoms with van der Waals surface area (Å²) in [6.45, 7) is 2.21. The van der Waals surface area contributed by atoms with E-state index in [1.54, 1.807) is 17.0 Å². The summed E-state index contributed by atoms with van der Waals surface area (Å²) in [5.41, 5.74) is 8.89. The number of unbranched alkanes of at least 4 members (excludes halogenated alkanes) is 1. The topological polar surface area (TPSA) is 100 Å². The van der Waals surface area contributed by atoms with Crippen molar-refractivity contribution in [1.29, 1.82) is 0 Å². The number of hydrogen-bond acceptors (Lipinski definition) is 3. The van der Waals surface area contributed by atoms with Gasteiger partial charge >= 0.3 is 6.03 Å². The molecule has 1 aliphatic heterocycles. The van der Waals surface area contributed by atoms with Crippen molar-refractivity contribution in [2.75, 3.05) is 26.2 Å². The Labute approximate surface area is 211 Å². The number of benzene rings is 2. The Hall–Kier alpha value is -3.39. The molecule has 1 fully saturated rings. The highest BCUT2D eigenvalue weighted by Gasteiger charge is 2.38. The van der Waals surface area contributed by atoms with Crippen molar-refractivity contribution in [1.82, 2.24) is 15.2 Å². The number of urea groups is 1. The lowest BCUT2D eigenvalue weighted by Gasteiger charge is -2.29. The minimum absolute atomic E-state index is 0.0283. The molecule has 0 bridgehead atoms. The standard InChI is InChI=1S/C28H35FN4O3/c29-23-9-7-21(8-10-23)18-36-19-26(34)31-15-4-3-12-28(14-16-33(20-28)27(30)35)13-11-22-17-32-25-6-2-1-5-24(22)25/h1-2,5-10,17,32H,3-4,11-16,18-20H2,(H2,30,35)(H,31,34). The molecule has 1 atom stereocenters. The number of carbonyl (C=O) groups is 2. The zero-order valence-electron chi connectivity index (χ0n) is 20.6. The van der Waals surface area contributed by atoms with Crippen LogP contribution in [0.3, 0.4) is 0 Å². The van der Waals surface area contributed by atoms with Gasteiger partial charge in [0.25, 0.3) is 0 Å². The number of halogens is 1. The second-order valence-corrected chi connectivity index (χ2v) is 9.80. The van der Waals surface area contributed by atoms with E-state index in [4.69, 9.17) is 10.5 Å². The quantitative estimate of drug-likeness (QED) is 0.323. The number of rotatable bonds is 12. The largest absolute Gasteiger partial charge is 0.367 e. The van der Waals surface area contributed by atoms with E-state index in [2.05, 4.69) is 34.7 Å². The molecule has 0 aliphatic carbocycles. The maximum absolute atomic E-state index is 13.0. The first-order valence-electron chi connectivity index (χ1n) is 12.6. The van der Waals surface area contributed by atoms with Crippen LogP contribution in [0.25, 0.3) is 10.9 Å². The predicted octanol–water partition coefficient (Wildman–Crippen LogP) is 4.51. The lowest BCUT2D eigenvalue weighted by atomic mass is 9.77. The molecule has 4 rings (SSSR count). The normalized spacial score (nSPS) is 17.5. The number of aromatic nitrogens is 1. The van der Waals surface area contributed by atoms with Crippen molar-refractivity contribution in [3.63, 3.8) is 0 Å². The fourth-order valence-electron chi connectivity index (χ4n) is 5.14. The number of para-hydroxylation sites is 1. The summed E-state index contributed by atoms with van der Waals surface area (Å²) in [6, 6.07) is 14.0. The van der Waals surface area contributed by atoms with Crippen molar-refractivity contribution in [2.24, 2.45) is 11.1 Å². The first-order valence-corrected chi connectivity index (χ1v) is 12.6. The van der Waals surface area contributed by atoms with Gasteiger partial charge in [-0.2, -0.15) is 0 Å². The van der Waals surface area contributed by atoms with E-state index in [0.29, 0.717) is 19.6 Å². The van der Waals surface area contributed by atoms with Gasteiger partial charge in [0.15, 0.2) is 0 Å². The fourth-order valence-corrected chi connectivity index (χ4v) is 5.14. The first kappa shape index (κ1) is 25.7. The average molecular weight is 495 g/mol. The van der Waals surface area contributed by atoms with Crippen LogP contribution in [-0.2, 0) is 22.6 Å². The third-order valence-corrected chi connectivity index (χ3v) is 7.22. The number of nitrogens with zero attached hydrogens (tertiary/aromatic N) is 1. The number of primary amides is 1. The molecule has 3 aromatic rings. The lowest BCUT2D eigenvalue weighted by Crippen LogP contribution is -2.36. The summed E-state index contributed by atoms with van der Waals surface area (Å²) in [4.78, 5) is 29.0. The SMILES string of the molecule is NC(=O)N1CCC(CCCCNC(=O)COCc2ccc(F)cc2)(CCc2c[nH]c3ccccc23)C1. The molecule has 0 spiro atoms. The monoisotopic (exact) mass is 494 g/mol. The summed E-state index contributed by atoms with van der Waals surface area (Å²) in [7, 11) is 0. The van der Waals surface area contributed by atoms with E-state index in [9.17, 15) is 14.0 Å². The first-order chi connectivity index (χ1) is 17.4. The Morgan fingerprint density at radius 1 is 1.11 bits per heavy atom. The average Bonchev–Trinajstić information content (AvgIpc) is 3.49. The van der Waals surface area contributed by atoms with Gasteiger partial charge in [0.1, 0.15) is 12.4 Å². The van der Waals surface area contributed by atoms with Crippen LogP contribution in [0.4, 0.5) is 9.18 Å². The van der Waals surface area contributed by atoms with Crippen LogP contribution < -0.4 is 11.1 Å². The van der Waals surface area contributed by atoms with Crippen LogP contribution in [0.1, 0.15) is 43.2 Å². The minimum atomic E-state index is -0.350. The van der Waals surface area contributed by atoms with Crippen LogP contribution >= 0.6 is 0 Å². The van der Waals surface area contributed by atoms with Crippen molar-refractivity contribution in [3.05, 3.63) is 71.7 Å². The maximum Gasteiger partial charge on any atom is 0.314 e. The smallest absolute Gasteiger partial charge is 0.314 e. The van der Waals surface area contributed by atoms with Crippen molar-refractivity contribution >= 4 is 22.8 Å². The summed E-state index contributed by atoms with van der Waals surface area (Å²) >= 11 is 0. The zero-order chi connectivity index (χ0) is 25.4. The van der Waals surface area contributed by atoms with Gasteiger partial charge in [0.05, 0.1) is 6.61 Å². The molecule has 3 amide bonds. The summed E-state index contributed by atoms with van der Waals surface area (Å²) in [6.07, 6.45) is 7.76. The number of nitrogens with one attached hydrogen (secondary N) is 2. The van der Waals surface area contributed by atoms with Gasteiger partial charge in [-0.1, -0.05) is 36.8 Å². The number of ether oxygens (including phenoxy) is 1. The number of likely N-dealkylation sites (tertiary alicyclic amines) is 1. The molecule has 0 saturated carbocycles. The molecule has 2 heterocycles. The number of aryl methyl sites for hydroxylation is 1. The molecule has 192 valence electrons. The van der Waals surface area contributed by atoms with E-state index in [0.717, 1.165) is 49.6 Å². The molecule has 0 radical (unpaired) electrons. The van der Waals surface area contributed by atoms with Crippen LogP contribution in [0.5, 0.6) is 0 Å². The van der Waals surface area contributed by atoms with Gasteiger partial charge < -0.3 is 25.7 Å². The number of H-pyrrole nitrogens is 1. The van der Waals surface area contributed by atoms with Crippen LogP contribution in [0, 0.1) is 11.2 Å². The highest BCUT2D eigenvalue weighted by atomic mass is 19.1. The molecule has 36 heavy (non-hydrogen) atoms. The fraction of sp³-hybridized carbons (Fsp3) is 0.429. The van der Waals surface area contributed by atoms with Gasteiger partial charge in [0.2, 0.25) is 5.91 Å². The molecule has 4 N–H and O–H groups in total. The Morgan fingerprint density at radius 3 is 2.69 bits per heavy atom. The van der Waals surface area contributed by atoms with E-state index in [1.165, 1.54) is 23.1 Å². The number of amides is 3. The lowest BCUT2D eigenvalue weighted by molar-refractivity contribution is -0.126. The van der Waals surface area contributed by atoms with E-state index >= 15 is 0 Å². The molecule has 7 nitrogen and oxygen atoms in total. The number of hydrogen-bond donors (Lipinski definition) is 3. The molecule has 2 aromatic carbocycles. The Kier molecular flexibility index (Phi) is 8.59. The maximum atomic E-state index is 13.0. The molecule has 1 aromatic heterocycles. The van der Waals surface area contributed by atoms with Gasteiger partial charge in [0, 0.05) is 36.7 Å². The van der Waals surface area contributed by atoms with Gasteiger partial charge in [-0.05, 0) is 66.8 Å². The second kappa shape index (κ2) is 12.0. The Morgan fingerprint density at radius 2 is 1.92 bits per heavy atom. The summed E-state index contributed by atoms with van der Waals surface area (Å²) in [5.74, 6) is -0.455. The zero-order valence-corrected chi connectivity index (χ0v) is 20.6. The van der Waals surface area contributed by atoms with E-state index < -0.39 is 0 Å². The predicted molar refractivity (Wildman–Crippen MR) is 138 cm³/mol. The van der Waals surface area contributed by atoms with Crippen molar-refractivity contribution in [2.45, 2.75) is 45.1 Å². The van der Waals surface area contributed by atoms with Gasteiger partial charge in [-0.25, -0.2) is 9.18 Å². The summed E-state index contributed by atoms with van der Waals surface area (Å²) < 4.78 is 18.4. The third-order valence-electron chi connectivity index (χ3n) is 7.22. The van der Waals surface area contributed by atoms with E-state index in [-0.39, 0.29) is 36.4 Å². The molecular formula is C28H35FN4O3. The summed E-state index contributed by atoms with van der Waals surface area (Å²) in [5, 5.41) is 4.16. The Bertz CT molecular complexity index is 1160. The molecule has 8 heteroatoms.